The van der Waals surface area contributed by atoms with Crippen molar-refractivity contribution in [2.45, 2.75) is 65.2 Å². The molecule has 0 bridgehead atoms. The Kier molecular flexibility index (Phi) is 6.38. The number of ether oxygens (including phenoxy) is 2. The molecule has 4 heteroatoms. The van der Waals surface area contributed by atoms with Gasteiger partial charge in [0.2, 0.25) is 0 Å². The fourth-order valence-electron chi connectivity index (χ4n) is 5.78. The lowest BCUT2D eigenvalue weighted by molar-refractivity contribution is -0.165. The van der Waals surface area contributed by atoms with Gasteiger partial charge < -0.3 is 14.4 Å². The first-order valence-electron chi connectivity index (χ1n) is 11.0. The summed E-state index contributed by atoms with van der Waals surface area (Å²) in [7, 11) is 1.72. The van der Waals surface area contributed by atoms with E-state index in [4.69, 9.17) is 9.47 Å². The van der Waals surface area contributed by atoms with Crippen molar-refractivity contribution in [2.24, 2.45) is 11.3 Å². The number of likely N-dealkylation sites (N-methyl/N-ethyl adjacent to an activating group) is 1. The number of esters is 1. The first-order chi connectivity index (χ1) is 13.4. The molecule has 1 fully saturated rings. The Labute approximate surface area is 170 Å². The van der Waals surface area contributed by atoms with Crippen molar-refractivity contribution >= 4 is 5.97 Å². The average Bonchev–Trinajstić information content (AvgIpc) is 2.70. The van der Waals surface area contributed by atoms with Gasteiger partial charge in [-0.25, -0.2) is 0 Å². The summed E-state index contributed by atoms with van der Waals surface area (Å²) in [6, 6.07) is 6.48. The van der Waals surface area contributed by atoms with Crippen LogP contribution in [-0.4, -0.2) is 44.2 Å². The van der Waals surface area contributed by atoms with Crippen LogP contribution in [0, 0.1) is 11.3 Å². The van der Waals surface area contributed by atoms with Crippen molar-refractivity contribution in [2.75, 3.05) is 33.4 Å². The second-order valence-electron chi connectivity index (χ2n) is 8.97. The zero-order valence-electron chi connectivity index (χ0n) is 18.3. The molecule has 2 aliphatic rings. The molecule has 1 aromatic rings. The van der Waals surface area contributed by atoms with Crippen LogP contribution in [0.1, 0.15) is 64.5 Å². The zero-order valence-corrected chi connectivity index (χ0v) is 18.3. The van der Waals surface area contributed by atoms with E-state index in [1.54, 1.807) is 7.11 Å². The third-order valence-corrected chi connectivity index (χ3v) is 7.57. The van der Waals surface area contributed by atoms with Gasteiger partial charge in [-0.1, -0.05) is 33.3 Å². The Morgan fingerprint density at radius 3 is 2.64 bits per heavy atom. The maximum absolute atomic E-state index is 13.2. The van der Waals surface area contributed by atoms with E-state index in [0.29, 0.717) is 12.5 Å². The number of benzene rings is 1. The Bertz CT molecular complexity index is 699. The molecule has 156 valence electrons. The van der Waals surface area contributed by atoms with Gasteiger partial charge in [-0.05, 0) is 80.3 Å². The normalized spacial score (nSPS) is 29.1. The molecule has 0 saturated heterocycles. The number of hydrogen-bond donors (Lipinski definition) is 0. The summed E-state index contributed by atoms with van der Waals surface area (Å²) in [6.45, 7) is 12.1. The molecule has 0 radical (unpaired) electrons. The van der Waals surface area contributed by atoms with Crippen LogP contribution in [0.3, 0.4) is 0 Å². The highest BCUT2D eigenvalue weighted by Gasteiger charge is 2.55. The smallest absolute Gasteiger partial charge is 0.312 e. The molecule has 0 amide bonds. The third-order valence-electron chi connectivity index (χ3n) is 7.57. The minimum Gasteiger partial charge on any atom is -0.497 e. The van der Waals surface area contributed by atoms with Gasteiger partial charge in [-0.15, -0.1) is 0 Å². The summed E-state index contributed by atoms with van der Waals surface area (Å²) in [4.78, 5) is 15.5. The van der Waals surface area contributed by atoms with Crippen LogP contribution in [0.25, 0.3) is 0 Å². The minimum atomic E-state index is -0.406. The molecule has 3 rings (SSSR count). The van der Waals surface area contributed by atoms with E-state index < -0.39 is 5.41 Å². The van der Waals surface area contributed by atoms with E-state index in [2.05, 4.69) is 50.8 Å². The van der Waals surface area contributed by atoms with Crippen LogP contribution in [0.2, 0.25) is 0 Å². The van der Waals surface area contributed by atoms with Gasteiger partial charge in [0.25, 0.3) is 0 Å². The quantitative estimate of drug-likeness (QED) is 0.642. The van der Waals surface area contributed by atoms with Gasteiger partial charge in [0.15, 0.2) is 0 Å². The lowest BCUT2D eigenvalue weighted by atomic mass is 9.50. The van der Waals surface area contributed by atoms with Gasteiger partial charge in [-0.3, -0.25) is 4.79 Å². The lowest BCUT2D eigenvalue weighted by Gasteiger charge is -2.54. The molecule has 0 unspecified atom stereocenters. The fourth-order valence-corrected chi connectivity index (χ4v) is 5.78. The summed E-state index contributed by atoms with van der Waals surface area (Å²) >= 11 is 0. The van der Waals surface area contributed by atoms with E-state index in [-0.39, 0.29) is 11.4 Å². The van der Waals surface area contributed by atoms with Gasteiger partial charge >= 0.3 is 5.97 Å². The van der Waals surface area contributed by atoms with Crippen LogP contribution < -0.4 is 4.74 Å². The molecule has 28 heavy (non-hydrogen) atoms. The largest absolute Gasteiger partial charge is 0.497 e. The van der Waals surface area contributed by atoms with Gasteiger partial charge in [0, 0.05) is 6.54 Å². The number of methoxy groups -OCH3 is 1. The Balaban J connectivity index is 1.81. The molecule has 0 N–H and O–H groups in total. The van der Waals surface area contributed by atoms with Gasteiger partial charge in [-0.2, -0.15) is 0 Å². The Hall–Kier alpha value is -1.55. The maximum Gasteiger partial charge on any atom is 0.312 e. The van der Waals surface area contributed by atoms with Crippen LogP contribution in [0.4, 0.5) is 0 Å². The lowest BCUT2D eigenvalue weighted by Crippen LogP contribution is -2.53. The maximum atomic E-state index is 13.2. The highest BCUT2D eigenvalue weighted by molar-refractivity contribution is 5.77. The molecule has 1 aromatic carbocycles. The number of fused-ring (bicyclic) bond motifs is 3. The summed E-state index contributed by atoms with van der Waals surface area (Å²) in [5.41, 5.74) is 2.40. The van der Waals surface area contributed by atoms with Crippen molar-refractivity contribution in [3.63, 3.8) is 0 Å². The van der Waals surface area contributed by atoms with E-state index in [1.165, 1.54) is 11.1 Å². The molecule has 0 aromatic heterocycles. The minimum absolute atomic E-state index is 0.00178. The Morgan fingerprint density at radius 1 is 1.21 bits per heavy atom. The predicted octanol–water partition coefficient (Wildman–Crippen LogP) is 4.59. The molecule has 4 nitrogen and oxygen atoms in total. The third kappa shape index (κ3) is 3.68. The second-order valence-corrected chi connectivity index (χ2v) is 8.97. The molecule has 3 atom stereocenters. The highest BCUT2D eigenvalue weighted by atomic mass is 16.5. The number of aryl methyl sites for hydroxylation is 1. The number of carbonyl (C=O) groups excluding carboxylic acids is 1. The monoisotopic (exact) mass is 387 g/mol. The zero-order chi connectivity index (χ0) is 20.4. The predicted molar refractivity (Wildman–Crippen MR) is 113 cm³/mol. The average molecular weight is 388 g/mol. The summed E-state index contributed by atoms with van der Waals surface area (Å²) in [5.74, 6) is 1.23. The fraction of sp³-hybridized carbons (Fsp3) is 0.708. The van der Waals surface area contributed by atoms with Crippen molar-refractivity contribution < 1.29 is 14.3 Å². The summed E-state index contributed by atoms with van der Waals surface area (Å²) in [6.07, 6.45) is 5.20. The number of carbonyl (C=O) groups is 1. The van der Waals surface area contributed by atoms with Crippen LogP contribution in [-0.2, 0) is 21.4 Å². The number of hydrogen-bond acceptors (Lipinski definition) is 4. The van der Waals surface area contributed by atoms with Crippen molar-refractivity contribution in [1.29, 1.82) is 0 Å². The van der Waals surface area contributed by atoms with Gasteiger partial charge in [0.1, 0.15) is 12.4 Å². The van der Waals surface area contributed by atoms with Crippen molar-refractivity contribution in [3.8, 4) is 5.75 Å². The topological polar surface area (TPSA) is 38.8 Å². The number of nitrogens with zero attached hydrogens (tertiary/aromatic N) is 1. The van der Waals surface area contributed by atoms with E-state index >= 15 is 0 Å². The second kappa shape index (κ2) is 8.44. The van der Waals surface area contributed by atoms with Crippen molar-refractivity contribution in [1.82, 2.24) is 4.90 Å². The van der Waals surface area contributed by atoms with Crippen LogP contribution >= 0.6 is 0 Å². The number of rotatable bonds is 7. The highest BCUT2D eigenvalue weighted by Crippen LogP contribution is 2.58. The van der Waals surface area contributed by atoms with E-state index in [0.717, 1.165) is 57.5 Å². The molecule has 2 aliphatic carbocycles. The molecule has 0 aliphatic heterocycles. The van der Waals surface area contributed by atoms with E-state index in [1.807, 2.05) is 0 Å². The molecule has 1 saturated carbocycles. The van der Waals surface area contributed by atoms with Crippen molar-refractivity contribution in [3.05, 3.63) is 29.3 Å². The molecular formula is C24H37NO3. The van der Waals surface area contributed by atoms with Crippen LogP contribution in [0.15, 0.2) is 18.2 Å². The molecular weight excluding hydrogens is 350 g/mol. The molecule has 0 heterocycles. The van der Waals surface area contributed by atoms with E-state index in [9.17, 15) is 4.79 Å². The molecule has 0 spiro atoms. The van der Waals surface area contributed by atoms with Crippen LogP contribution in [0.5, 0.6) is 5.75 Å². The Morgan fingerprint density at radius 2 is 1.96 bits per heavy atom. The summed E-state index contributed by atoms with van der Waals surface area (Å²) < 4.78 is 11.3. The standard InChI is InChI=1S/C24H37NO3/c1-6-25(7-2)15-16-28-22(26)24(4)14-8-13-23(3)20-17-19(27-5)11-9-18(20)10-12-21(23)24/h9,11,17,21H,6-8,10,12-16H2,1-5H3/t21-,23-,24+/m1/s1. The first kappa shape index (κ1) is 21.2. The SMILES string of the molecule is CCN(CC)CCOC(=O)[C@@]1(C)CCC[C@]2(C)c3cc(OC)ccc3CC[C@@H]12. The first-order valence-corrected chi connectivity index (χ1v) is 11.0. The summed E-state index contributed by atoms with van der Waals surface area (Å²) in [5, 5.41) is 0. The van der Waals surface area contributed by atoms with Gasteiger partial charge in [0.05, 0.1) is 12.5 Å².